The maximum Gasteiger partial charge on any atom is 0.319 e. The van der Waals surface area contributed by atoms with Gasteiger partial charge in [0.1, 0.15) is 0 Å². The van der Waals surface area contributed by atoms with Gasteiger partial charge in [-0.15, -0.1) is 0 Å². The minimum Gasteiger partial charge on any atom is -0.393 e. The molecule has 0 aliphatic carbocycles. The van der Waals surface area contributed by atoms with Crippen LogP contribution in [0.3, 0.4) is 0 Å². The maximum absolute atomic E-state index is 11.7. The van der Waals surface area contributed by atoms with Crippen molar-refractivity contribution in [2.45, 2.75) is 46.3 Å². The highest BCUT2D eigenvalue weighted by Gasteiger charge is 2.09. The van der Waals surface area contributed by atoms with Crippen molar-refractivity contribution < 1.29 is 9.90 Å². The fourth-order valence-corrected chi connectivity index (χ4v) is 1.79. The van der Waals surface area contributed by atoms with E-state index in [4.69, 9.17) is 0 Å². The van der Waals surface area contributed by atoms with Gasteiger partial charge < -0.3 is 15.7 Å². The first-order valence-corrected chi connectivity index (χ1v) is 6.65. The Morgan fingerprint density at radius 2 is 2.11 bits per heavy atom. The van der Waals surface area contributed by atoms with Crippen LogP contribution in [0.5, 0.6) is 0 Å². The van der Waals surface area contributed by atoms with Crippen LogP contribution in [0.2, 0.25) is 0 Å². The normalized spacial score (nSPS) is 14.2. The highest BCUT2D eigenvalue weighted by molar-refractivity contribution is 5.88. The Kier molecular flexibility index (Phi) is 5.82. The number of aromatic nitrogens is 2. The SMILES string of the molecule is CC(O)CC(C)CNC(=O)Nc1cnn(C(C)C)c1. The number of nitrogens with one attached hydrogen (secondary N) is 2. The van der Waals surface area contributed by atoms with Gasteiger partial charge in [0.25, 0.3) is 0 Å². The molecule has 2 atom stereocenters. The molecule has 2 amide bonds. The number of hydrogen-bond acceptors (Lipinski definition) is 3. The third-order valence-electron chi connectivity index (χ3n) is 2.74. The van der Waals surface area contributed by atoms with Gasteiger partial charge >= 0.3 is 6.03 Å². The summed E-state index contributed by atoms with van der Waals surface area (Å²) >= 11 is 0. The summed E-state index contributed by atoms with van der Waals surface area (Å²) in [5, 5.41) is 18.9. The van der Waals surface area contributed by atoms with Crippen molar-refractivity contribution >= 4 is 11.7 Å². The number of anilines is 1. The minimum atomic E-state index is -0.343. The van der Waals surface area contributed by atoms with Gasteiger partial charge in [-0.2, -0.15) is 5.10 Å². The van der Waals surface area contributed by atoms with Crippen LogP contribution in [0.15, 0.2) is 12.4 Å². The van der Waals surface area contributed by atoms with Crippen molar-refractivity contribution in [1.82, 2.24) is 15.1 Å². The highest BCUT2D eigenvalue weighted by atomic mass is 16.3. The van der Waals surface area contributed by atoms with Crippen molar-refractivity contribution in [2.24, 2.45) is 5.92 Å². The molecule has 1 aromatic heterocycles. The van der Waals surface area contributed by atoms with E-state index >= 15 is 0 Å². The predicted molar refractivity (Wildman–Crippen MR) is 75.1 cm³/mol. The molecule has 0 spiro atoms. The molecule has 108 valence electrons. The monoisotopic (exact) mass is 268 g/mol. The Morgan fingerprint density at radius 3 is 2.63 bits per heavy atom. The molecule has 3 N–H and O–H groups in total. The number of aliphatic hydroxyl groups excluding tert-OH is 1. The fraction of sp³-hybridized carbons (Fsp3) is 0.692. The topological polar surface area (TPSA) is 79.2 Å². The molecule has 0 saturated heterocycles. The van der Waals surface area contributed by atoms with Crippen molar-refractivity contribution in [2.75, 3.05) is 11.9 Å². The molecule has 0 saturated carbocycles. The molecule has 0 aliphatic rings. The summed E-state index contributed by atoms with van der Waals surface area (Å²) in [7, 11) is 0. The second-order valence-electron chi connectivity index (χ2n) is 5.33. The lowest BCUT2D eigenvalue weighted by Gasteiger charge is -2.14. The van der Waals surface area contributed by atoms with E-state index < -0.39 is 0 Å². The zero-order valence-corrected chi connectivity index (χ0v) is 12.1. The number of carbonyl (C=O) groups excluding carboxylic acids is 1. The summed E-state index contributed by atoms with van der Waals surface area (Å²) in [5.41, 5.74) is 0.675. The van der Waals surface area contributed by atoms with Gasteiger partial charge in [0.05, 0.1) is 18.0 Å². The number of urea groups is 1. The van der Waals surface area contributed by atoms with Gasteiger partial charge in [-0.3, -0.25) is 4.68 Å². The molecule has 0 fully saturated rings. The van der Waals surface area contributed by atoms with Crippen LogP contribution in [-0.2, 0) is 0 Å². The summed E-state index contributed by atoms with van der Waals surface area (Å²) in [6.45, 7) is 8.32. The third kappa shape index (κ3) is 5.74. The first kappa shape index (κ1) is 15.5. The van der Waals surface area contributed by atoms with Crippen LogP contribution in [0, 0.1) is 5.92 Å². The lowest BCUT2D eigenvalue weighted by atomic mass is 10.1. The van der Waals surface area contributed by atoms with Crippen LogP contribution in [0.1, 0.15) is 40.2 Å². The molecule has 2 unspecified atom stereocenters. The quantitative estimate of drug-likeness (QED) is 0.738. The Balaban J connectivity index is 2.34. The molecule has 0 radical (unpaired) electrons. The van der Waals surface area contributed by atoms with Crippen LogP contribution in [-0.4, -0.2) is 33.6 Å². The van der Waals surface area contributed by atoms with Crippen LogP contribution >= 0.6 is 0 Å². The number of rotatable bonds is 6. The minimum absolute atomic E-state index is 0.240. The molecule has 1 rings (SSSR count). The number of carbonyl (C=O) groups is 1. The summed E-state index contributed by atoms with van der Waals surface area (Å²) < 4.78 is 1.78. The highest BCUT2D eigenvalue weighted by Crippen LogP contribution is 2.09. The smallest absolute Gasteiger partial charge is 0.319 e. The number of amides is 2. The van der Waals surface area contributed by atoms with Crippen LogP contribution in [0.25, 0.3) is 0 Å². The van der Waals surface area contributed by atoms with Gasteiger partial charge in [0, 0.05) is 18.8 Å². The van der Waals surface area contributed by atoms with Crippen molar-refractivity contribution in [3.63, 3.8) is 0 Å². The zero-order chi connectivity index (χ0) is 14.4. The van der Waals surface area contributed by atoms with Gasteiger partial charge in [-0.25, -0.2) is 4.79 Å². The first-order chi connectivity index (χ1) is 8.88. The molecular formula is C13H24N4O2. The Hall–Kier alpha value is -1.56. The largest absolute Gasteiger partial charge is 0.393 e. The lowest BCUT2D eigenvalue weighted by molar-refractivity contribution is 0.163. The van der Waals surface area contributed by atoms with Crippen molar-refractivity contribution in [3.8, 4) is 0 Å². The molecule has 0 bridgehead atoms. The Bertz CT molecular complexity index is 401. The molecule has 0 aromatic carbocycles. The second kappa shape index (κ2) is 7.13. The number of hydrogen-bond donors (Lipinski definition) is 3. The first-order valence-electron chi connectivity index (χ1n) is 6.65. The summed E-state index contributed by atoms with van der Waals surface area (Å²) in [5.74, 6) is 0.240. The Labute approximate surface area is 114 Å². The van der Waals surface area contributed by atoms with E-state index in [0.29, 0.717) is 18.7 Å². The number of aliphatic hydroxyl groups is 1. The van der Waals surface area contributed by atoms with Crippen molar-refractivity contribution in [3.05, 3.63) is 12.4 Å². The number of nitrogens with zero attached hydrogens (tertiary/aromatic N) is 2. The van der Waals surface area contributed by atoms with Crippen LogP contribution < -0.4 is 10.6 Å². The van der Waals surface area contributed by atoms with E-state index in [1.165, 1.54) is 0 Å². The van der Waals surface area contributed by atoms with E-state index in [9.17, 15) is 9.90 Å². The van der Waals surface area contributed by atoms with Gasteiger partial charge in [-0.05, 0) is 33.1 Å². The van der Waals surface area contributed by atoms with E-state index in [-0.39, 0.29) is 24.1 Å². The van der Waals surface area contributed by atoms with Crippen molar-refractivity contribution in [1.29, 1.82) is 0 Å². The van der Waals surface area contributed by atoms with Gasteiger partial charge in [0.15, 0.2) is 0 Å². The predicted octanol–water partition coefficient (Wildman–Crippen LogP) is 1.99. The molecule has 1 heterocycles. The average molecular weight is 268 g/mol. The molecule has 19 heavy (non-hydrogen) atoms. The maximum atomic E-state index is 11.7. The van der Waals surface area contributed by atoms with E-state index in [0.717, 1.165) is 0 Å². The lowest BCUT2D eigenvalue weighted by Crippen LogP contribution is -2.33. The average Bonchev–Trinajstić information content (AvgIpc) is 2.74. The summed E-state index contributed by atoms with van der Waals surface area (Å²) in [6, 6.07) is 0.0189. The summed E-state index contributed by atoms with van der Waals surface area (Å²) in [6.07, 6.45) is 3.75. The van der Waals surface area contributed by atoms with E-state index in [1.807, 2.05) is 20.8 Å². The molecular weight excluding hydrogens is 244 g/mol. The summed E-state index contributed by atoms with van der Waals surface area (Å²) in [4.78, 5) is 11.7. The Morgan fingerprint density at radius 1 is 1.42 bits per heavy atom. The fourth-order valence-electron chi connectivity index (χ4n) is 1.79. The molecule has 6 nitrogen and oxygen atoms in total. The second-order valence-corrected chi connectivity index (χ2v) is 5.33. The standard InChI is InChI=1S/C13H24N4O2/c1-9(2)17-8-12(7-15-17)16-13(19)14-6-10(3)5-11(4)18/h7-11,18H,5-6H2,1-4H3,(H2,14,16,19). The molecule has 6 heteroatoms. The third-order valence-corrected chi connectivity index (χ3v) is 2.74. The van der Waals surface area contributed by atoms with Gasteiger partial charge in [-0.1, -0.05) is 6.92 Å². The molecule has 0 aliphatic heterocycles. The molecule has 1 aromatic rings. The zero-order valence-electron chi connectivity index (χ0n) is 12.1. The van der Waals surface area contributed by atoms with E-state index in [1.54, 1.807) is 24.0 Å². The van der Waals surface area contributed by atoms with Crippen LogP contribution in [0.4, 0.5) is 10.5 Å². The van der Waals surface area contributed by atoms with E-state index in [2.05, 4.69) is 15.7 Å². The van der Waals surface area contributed by atoms with Gasteiger partial charge in [0.2, 0.25) is 0 Å².